The van der Waals surface area contributed by atoms with Crippen molar-refractivity contribution in [2.45, 2.75) is 145 Å². The van der Waals surface area contributed by atoms with E-state index in [4.69, 9.17) is 48.4 Å². The molecule has 4 atom stereocenters. The highest BCUT2D eigenvalue weighted by Gasteiger charge is 2.25. The number of nitriles is 2. The third-order valence-electron chi connectivity index (χ3n) is 10.7. The SMILES string of the molecule is C=CCOC(=O)C(C)CC(C)CC.C=COCCOCCOC(=O)NC(C)(C)c1ccc(C(C)(C)CC)cc1.CCC(C)OCCOC(=O)CC#N.CCC(C)OCCOc1ccc(C#N)cc1. The van der Waals surface area contributed by atoms with E-state index in [9.17, 15) is 14.4 Å². The minimum absolute atomic E-state index is 0.00917. The molecule has 68 heavy (non-hydrogen) atoms. The highest BCUT2D eigenvalue weighted by molar-refractivity contribution is 5.72. The number of alkyl carbamates (subject to hydrolysis) is 1. The summed E-state index contributed by atoms with van der Waals surface area (Å²) in [6.45, 7) is 35.3. The summed E-state index contributed by atoms with van der Waals surface area (Å²) in [7, 11) is 0. The van der Waals surface area contributed by atoms with Gasteiger partial charge in [-0.1, -0.05) is 105 Å². The number of esters is 2. The van der Waals surface area contributed by atoms with E-state index in [1.54, 1.807) is 36.4 Å². The fraction of sp³-hybridized carbons (Fsp3) is 0.611. The molecule has 0 fully saturated rings. The number of benzene rings is 2. The van der Waals surface area contributed by atoms with Gasteiger partial charge in [0.05, 0.1) is 74.1 Å². The normalized spacial score (nSPS) is 12.3. The van der Waals surface area contributed by atoms with E-state index in [0.717, 1.165) is 43.4 Å². The Morgan fingerprint density at radius 1 is 0.706 bits per heavy atom. The van der Waals surface area contributed by atoms with Crippen LogP contribution in [0.1, 0.15) is 138 Å². The van der Waals surface area contributed by atoms with E-state index >= 15 is 0 Å². The van der Waals surface area contributed by atoms with Crippen molar-refractivity contribution in [3.05, 3.63) is 90.7 Å². The van der Waals surface area contributed by atoms with Gasteiger partial charge < -0.3 is 43.2 Å². The molecular formula is C54H85N3O11. The van der Waals surface area contributed by atoms with Gasteiger partial charge in [-0.3, -0.25) is 9.59 Å². The van der Waals surface area contributed by atoms with Gasteiger partial charge >= 0.3 is 18.0 Å². The predicted molar refractivity (Wildman–Crippen MR) is 268 cm³/mol. The summed E-state index contributed by atoms with van der Waals surface area (Å²) >= 11 is 0. The molecule has 0 saturated carbocycles. The van der Waals surface area contributed by atoms with Gasteiger partial charge in [-0.2, -0.15) is 10.5 Å². The maximum absolute atomic E-state index is 12.0. The summed E-state index contributed by atoms with van der Waals surface area (Å²) in [5.41, 5.74) is 2.59. The lowest BCUT2D eigenvalue weighted by atomic mass is 9.81. The van der Waals surface area contributed by atoms with Crippen LogP contribution in [0.3, 0.4) is 0 Å². The number of nitrogens with one attached hydrogen (secondary N) is 1. The molecule has 0 aliphatic rings. The first-order valence-electron chi connectivity index (χ1n) is 23.8. The molecule has 2 aromatic rings. The molecule has 0 aromatic heterocycles. The zero-order chi connectivity index (χ0) is 51.8. The molecule has 2 rings (SSSR count). The third-order valence-corrected chi connectivity index (χ3v) is 10.7. The van der Waals surface area contributed by atoms with Crippen LogP contribution in [0.5, 0.6) is 5.75 Å². The number of ether oxygens (including phenoxy) is 8. The lowest BCUT2D eigenvalue weighted by Crippen LogP contribution is -2.41. The van der Waals surface area contributed by atoms with Crippen molar-refractivity contribution in [2.24, 2.45) is 11.8 Å². The molecule has 4 unspecified atom stereocenters. The number of rotatable bonds is 29. The summed E-state index contributed by atoms with van der Waals surface area (Å²) in [5.74, 6) is 0.767. The van der Waals surface area contributed by atoms with E-state index in [2.05, 4.69) is 90.4 Å². The Morgan fingerprint density at radius 2 is 1.26 bits per heavy atom. The lowest BCUT2D eigenvalue weighted by molar-refractivity contribution is -0.147. The zero-order valence-corrected chi connectivity index (χ0v) is 43.5. The number of carbonyl (C=O) groups excluding carboxylic acids is 3. The van der Waals surface area contributed by atoms with Crippen molar-refractivity contribution < 1.29 is 52.3 Å². The Kier molecular flexibility index (Phi) is 37.6. The second kappa shape index (κ2) is 39.6. The minimum atomic E-state index is -0.523. The molecule has 0 radical (unpaired) electrons. The van der Waals surface area contributed by atoms with Gasteiger partial charge in [-0.25, -0.2) is 4.79 Å². The summed E-state index contributed by atoms with van der Waals surface area (Å²) in [6.07, 6.45) is 7.82. The molecule has 382 valence electrons. The van der Waals surface area contributed by atoms with Gasteiger partial charge in [-0.05, 0) is 100 Å². The van der Waals surface area contributed by atoms with E-state index in [1.807, 2.05) is 41.5 Å². The van der Waals surface area contributed by atoms with Crippen LogP contribution in [-0.2, 0) is 53.7 Å². The van der Waals surface area contributed by atoms with E-state index < -0.39 is 17.6 Å². The molecule has 2 aromatic carbocycles. The van der Waals surface area contributed by atoms with E-state index in [-0.39, 0.29) is 49.1 Å². The number of carbonyl (C=O) groups is 3. The molecule has 0 aliphatic heterocycles. The molecular weight excluding hydrogens is 867 g/mol. The van der Waals surface area contributed by atoms with Crippen molar-refractivity contribution in [1.82, 2.24) is 5.32 Å². The van der Waals surface area contributed by atoms with Gasteiger partial charge in [0.25, 0.3) is 0 Å². The summed E-state index contributed by atoms with van der Waals surface area (Å²) < 4.78 is 41.2. The van der Waals surface area contributed by atoms with Gasteiger partial charge in [-0.15, -0.1) is 0 Å². The second-order valence-corrected chi connectivity index (χ2v) is 17.1. The van der Waals surface area contributed by atoms with Crippen LogP contribution >= 0.6 is 0 Å². The highest BCUT2D eigenvalue weighted by Crippen LogP contribution is 2.29. The van der Waals surface area contributed by atoms with Crippen molar-refractivity contribution in [3.63, 3.8) is 0 Å². The highest BCUT2D eigenvalue weighted by atomic mass is 16.6. The van der Waals surface area contributed by atoms with Crippen molar-refractivity contribution >= 4 is 18.0 Å². The third kappa shape index (κ3) is 33.1. The summed E-state index contributed by atoms with van der Waals surface area (Å²) in [4.78, 5) is 34.0. The number of nitrogens with zero attached hydrogens (tertiary/aromatic N) is 2. The van der Waals surface area contributed by atoms with Crippen molar-refractivity contribution in [1.29, 1.82) is 10.5 Å². The van der Waals surface area contributed by atoms with Gasteiger partial charge in [0.15, 0.2) is 0 Å². The first-order chi connectivity index (χ1) is 32.3. The Morgan fingerprint density at radius 3 is 1.78 bits per heavy atom. The Bertz CT molecular complexity index is 1730. The largest absolute Gasteiger partial charge is 0.499 e. The standard InChI is InChI=1S/C21H33NO4.C13H17NO2.C11H20O2.C9H15NO3/c1-7-20(3,4)17-9-11-18(12-10-17)21(5,6)22-19(23)26-16-15-25-14-13-24-8-2;1-3-11(2)15-8-9-16-13-6-4-12(10-14)5-7-13;1-5-7-13-11(12)10(4)8-9(3)6-2;1-3-8(2)12-6-7-13-9(11)4-5-10/h8-12H,2,7,13-16H2,1,3-6H3,(H,22,23);4-7,11H,3,8-9H2,1-2H3;5,9-10H,1,6-8H2,2-4H3;8H,3-4,6-7H2,1-2H3. The molecule has 14 heteroatoms. The van der Waals surface area contributed by atoms with Crippen LogP contribution in [0.2, 0.25) is 0 Å². The zero-order valence-electron chi connectivity index (χ0n) is 43.5. The Hall–Kier alpha value is -5.41. The molecule has 1 N–H and O–H groups in total. The van der Waals surface area contributed by atoms with Gasteiger partial charge in [0.1, 0.15) is 45.2 Å². The quantitative estimate of drug-likeness (QED) is 0.0267. The average Bonchev–Trinajstić information content (AvgIpc) is 3.33. The molecule has 14 nitrogen and oxygen atoms in total. The summed E-state index contributed by atoms with van der Waals surface area (Å²) in [5, 5.41) is 19.7. The monoisotopic (exact) mass is 952 g/mol. The number of hydrogen-bond donors (Lipinski definition) is 1. The maximum Gasteiger partial charge on any atom is 0.407 e. The maximum atomic E-state index is 12.0. The second-order valence-electron chi connectivity index (χ2n) is 17.1. The average molecular weight is 952 g/mol. The Labute approximate surface area is 409 Å². The molecule has 0 aliphatic carbocycles. The fourth-order valence-electron chi connectivity index (χ4n) is 5.33. The first kappa shape index (κ1) is 64.7. The molecule has 0 heterocycles. The van der Waals surface area contributed by atoms with Gasteiger partial charge in [0.2, 0.25) is 0 Å². The van der Waals surface area contributed by atoms with Crippen LogP contribution in [0, 0.1) is 34.5 Å². The topological polar surface area (TPSA) is 185 Å². The fourth-order valence-corrected chi connectivity index (χ4v) is 5.33. The van der Waals surface area contributed by atoms with Crippen LogP contribution < -0.4 is 10.1 Å². The van der Waals surface area contributed by atoms with Crippen LogP contribution in [-0.4, -0.2) is 89.7 Å². The van der Waals surface area contributed by atoms with E-state index in [1.165, 1.54) is 11.8 Å². The predicted octanol–water partition coefficient (Wildman–Crippen LogP) is 11.3. The number of amides is 1. The number of hydrogen-bond acceptors (Lipinski definition) is 13. The Balaban J connectivity index is 0. The van der Waals surface area contributed by atoms with Crippen molar-refractivity contribution in [2.75, 3.05) is 59.5 Å². The molecule has 0 spiro atoms. The van der Waals surface area contributed by atoms with Crippen molar-refractivity contribution in [3.8, 4) is 17.9 Å². The van der Waals surface area contributed by atoms with Crippen LogP contribution in [0.25, 0.3) is 0 Å². The minimum Gasteiger partial charge on any atom is -0.499 e. The lowest BCUT2D eigenvalue weighted by Gasteiger charge is -2.28. The van der Waals surface area contributed by atoms with Crippen LogP contribution in [0.15, 0.2) is 74.0 Å². The molecule has 0 saturated heterocycles. The first-order valence-corrected chi connectivity index (χ1v) is 23.8. The smallest absolute Gasteiger partial charge is 0.407 e. The molecule has 1 amide bonds. The van der Waals surface area contributed by atoms with E-state index in [0.29, 0.717) is 57.7 Å². The van der Waals surface area contributed by atoms with Gasteiger partial charge in [0, 0.05) is 0 Å². The molecule has 0 bridgehead atoms. The van der Waals surface area contributed by atoms with Crippen LogP contribution in [0.4, 0.5) is 4.79 Å². The summed E-state index contributed by atoms with van der Waals surface area (Å²) in [6, 6.07) is 19.2.